The zero-order valence-corrected chi connectivity index (χ0v) is 15.3. The van der Waals surface area contributed by atoms with Crippen molar-refractivity contribution in [1.29, 1.82) is 0 Å². The lowest BCUT2D eigenvalue weighted by Crippen LogP contribution is -2.30. The third kappa shape index (κ3) is 5.30. The molecule has 0 saturated carbocycles. The minimum Gasteiger partial charge on any atom is -0.491 e. The molecule has 1 saturated heterocycles. The summed E-state index contributed by atoms with van der Waals surface area (Å²) in [6, 6.07) is 8.14. The van der Waals surface area contributed by atoms with Crippen molar-refractivity contribution >= 4 is 17.7 Å². The Morgan fingerprint density at radius 3 is 2.74 bits per heavy atom. The van der Waals surface area contributed by atoms with E-state index in [0.29, 0.717) is 23.7 Å². The number of nitrogens with one attached hydrogen (secondary N) is 1. The molecule has 2 atom stereocenters. The van der Waals surface area contributed by atoms with Crippen molar-refractivity contribution in [2.45, 2.75) is 38.9 Å². The Morgan fingerprint density at radius 2 is 2.11 bits per heavy atom. The van der Waals surface area contributed by atoms with Gasteiger partial charge < -0.3 is 24.1 Å². The zero-order valence-electron chi connectivity index (χ0n) is 15.3. The molecule has 0 aliphatic carbocycles. The molecule has 1 aromatic carbocycles. The predicted molar refractivity (Wildman–Crippen MR) is 95.7 cm³/mol. The Morgan fingerprint density at radius 1 is 1.33 bits per heavy atom. The molecule has 0 radical (unpaired) electrons. The van der Waals surface area contributed by atoms with Crippen LogP contribution in [0.5, 0.6) is 5.75 Å². The van der Waals surface area contributed by atoms with Gasteiger partial charge in [-0.2, -0.15) is 0 Å². The highest BCUT2D eigenvalue weighted by molar-refractivity contribution is 5.96. The summed E-state index contributed by atoms with van der Waals surface area (Å²) in [5, 5.41) is 6.18. The standard InChI is InChI=1S/C19H22N2O6/c1-12-10-17(21-27-12)20-18(22)13(2)26-19(23)14-5-7-15(8-6-14)25-11-16-4-3-9-24-16/h5-8,10,13,16H,3-4,9,11H2,1-2H3,(H,20,21,22). The quantitative estimate of drug-likeness (QED) is 0.744. The van der Waals surface area contributed by atoms with E-state index in [2.05, 4.69) is 10.5 Å². The first-order valence-corrected chi connectivity index (χ1v) is 8.81. The minimum absolute atomic E-state index is 0.127. The van der Waals surface area contributed by atoms with Crippen molar-refractivity contribution in [2.24, 2.45) is 0 Å². The van der Waals surface area contributed by atoms with Crippen molar-refractivity contribution in [3.05, 3.63) is 41.7 Å². The molecule has 0 spiro atoms. The number of esters is 1. The van der Waals surface area contributed by atoms with E-state index in [9.17, 15) is 9.59 Å². The maximum atomic E-state index is 12.2. The first-order chi connectivity index (χ1) is 13.0. The molecule has 1 fully saturated rings. The van der Waals surface area contributed by atoms with Crippen LogP contribution in [-0.4, -0.2) is 42.5 Å². The van der Waals surface area contributed by atoms with Gasteiger partial charge in [-0.25, -0.2) is 4.79 Å². The molecule has 0 bridgehead atoms. The molecule has 27 heavy (non-hydrogen) atoms. The minimum atomic E-state index is -0.982. The number of rotatable bonds is 7. The molecule has 2 unspecified atom stereocenters. The summed E-state index contributed by atoms with van der Waals surface area (Å²) < 4.78 is 21.2. The number of aromatic nitrogens is 1. The number of carbonyl (C=O) groups is 2. The van der Waals surface area contributed by atoms with Crippen LogP contribution in [0.4, 0.5) is 5.82 Å². The SMILES string of the molecule is Cc1cc(NC(=O)C(C)OC(=O)c2ccc(OCC3CCCO3)cc2)no1. The first kappa shape index (κ1) is 18.9. The lowest BCUT2D eigenvalue weighted by Gasteiger charge is -2.13. The van der Waals surface area contributed by atoms with Crippen LogP contribution in [0.2, 0.25) is 0 Å². The van der Waals surface area contributed by atoms with E-state index in [1.165, 1.54) is 6.92 Å². The molecule has 144 valence electrons. The molecule has 1 aromatic heterocycles. The van der Waals surface area contributed by atoms with Crippen molar-refractivity contribution in [3.63, 3.8) is 0 Å². The van der Waals surface area contributed by atoms with Crippen LogP contribution >= 0.6 is 0 Å². The van der Waals surface area contributed by atoms with Crippen molar-refractivity contribution in [2.75, 3.05) is 18.5 Å². The molecule has 8 nitrogen and oxygen atoms in total. The van der Waals surface area contributed by atoms with Gasteiger partial charge in [0.25, 0.3) is 5.91 Å². The highest BCUT2D eigenvalue weighted by atomic mass is 16.5. The second-order valence-corrected chi connectivity index (χ2v) is 6.33. The number of hydrogen-bond donors (Lipinski definition) is 1. The van der Waals surface area contributed by atoms with E-state index in [0.717, 1.165) is 19.4 Å². The highest BCUT2D eigenvalue weighted by Crippen LogP contribution is 2.17. The highest BCUT2D eigenvalue weighted by Gasteiger charge is 2.20. The second-order valence-electron chi connectivity index (χ2n) is 6.33. The smallest absolute Gasteiger partial charge is 0.338 e. The van der Waals surface area contributed by atoms with Crippen LogP contribution in [-0.2, 0) is 14.3 Å². The number of aryl methyl sites for hydroxylation is 1. The fourth-order valence-electron chi connectivity index (χ4n) is 2.59. The fourth-order valence-corrected chi connectivity index (χ4v) is 2.59. The number of nitrogens with zero attached hydrogens (tertiary/aromatic N) is 1. The summed E-state index contributed by atoms with van der Waals surface area (Å²) in [5.74, 6) is 0.395. The molecule has 1 aliphatic heterocycles. The summed E-state index contributed by atoms with van der Waals surface area (Å²) in [7, 11) is 0. The number of anilines is 1. The largest absolute Gasteiger partial charge is 0.491 e. The monoisotopic (exact) mass is 374 g/mol. The van der Waals surface area contributed by atoms with Crippen LogP contribution in [0.15, 0.2) is 34.9 Å². The second kappa shape index (κ2) is 8.68. The van der Waals surface area contributed by atoms with Crippen LogP contribution in [0, 0.1) is 6.92 Å². The third-order valence-corrected chi connectivity index (χ3v) is 4.08. The number of ether oxygens (including phenoxy) is 3. The van der Waals surface area contributed by atoms with Crippen LogP contribution < -0.4 is 10.1 Å². The zero-order chi connectivity index (χ0) is 19.2. The van der Waals surface area contributed by atoms with Gasteiger partial charge in [0.15, 0.2) is 11.9 Å². The van der Waals surface area contributed by atoms with E-state index in [4.69, 9.17) is 18.7 Å². The van der Waals surface area contributed by atoms with Gasteiger partial charge in [0.2, 0.25) is 0 Å². The van der Waals surface area contributed by atoms with Gasteiger partial charge in [0, 0.05) is 12.7 Å². The summed E-state index contributed by atoms with van der Waals surface area (Å²) in [6.45, 7) is 4.46. The number of benzene rings is 1. The van der Waals surface area contributed by atoms with Gasteiger partial charge >= 0.3 is 5.97 Å². The predicted octanol–water partition coefficient (Wildman–Crippen LogP) is 2.72. The first-order valence-electron chi connectivity index (χ1n) is 8.81. The van der Waals surface area contributed by atoms with Gasteiger partial charge in [-0.3, -0.25) is 4.79 Å². The van der Waals surface area contributed by atoms with Gasteiger partial charge in [-0.15, -0.1) is 0 Å². The summed E-state index contributed by atoms with van der Waals surface area (Å²) in [5.41, 5.74) is 0.330. The number of amides is 1. The molecule has 8 heteroatoms. The third-order valence-electron chi connectivity index (χ3n) is 4.08. The van der Waals surface area contributed by atoms with Crippen molar-refractivity contribution < 1.29 is 28.3 Å². The molecule has 1 aliphatic rings. The normalized spacial score (nSPS) is 17.3. The Hall–Kier alpha value is -2.87. The molecule has 2 heterocycles. The molecule has 3 rings (SSSR count). The van der Waals surface area contributed by atoms with Crippen LogP contribution in [0.3, 0.4) is 0 Å². The topological polar surface area (TPSA) is 99.9 Å². The van der Waals surface area contributed by atoms with Gasteiger partial charge in [0.1, 0.15) is 18.1 Å². The lowest BCUT2D eigenvalue weighted by molar-refractivity contribution is -0.123. The molecular weight excluding hydrogens is 352 g/mol. The lowest BCUT2D eigenvalue weighted by atomic mass is 10.2. The van der Waals surface area contributed by atoms with Crippen molar-refractivity contribution in [1.82, 2.24) is 5.16 Å². The summed E-state index contributed by atoms with van der Waals surface area (Å²) in [4.78, 5) is 24.2. The summed E-state index contributed by atoms with van der Waals surface area (Å²) in [6.07, 6.45) is 1.20. The van der Waals surface area contributed by atoms with E-state index in [1.54, 1.807) is 37.3 Å². The van der Waals surface area contributed by atoms with E-state index < -0.39 is 18.0 Å². The van der Waals surface area contributed by atoms with Crippen LogP contribution in [0.1, 0.15) is 35.9 Å². The Kier molecular flexibility index (Phi) is 6.08. The Balaban J connectivity index is 1.48. The van der Waals surface area contributed by atoms with E-state index in [1.807, 2.05) is 0 Å². The number of carbonyl (C=O) groups excluding carboxylic acids is 2. The van der Waals surface area contributed by atoms with Crippen LogP contribution in [0.25, 0.3) is 0 Å². The fraction of sp³-hybridized carbons (Fsp3) is 0.421. The number of hydrogen-bond acceptors (Lipinski definition) is 7. The van der Waals surface area contributed by atoms with E-state index in [-0.39, 0.29) is 11.9 Å². The molecule has 1 N–H and O–H groups in total. The Labute approximate surface area is 156 Å². The molecule has 1 amide bonds. The maximum absolute atomic E-state index is 12.2. The van der Waals surface area contributed by atoms with Crippen molar-refractivity contribution in [3.8, 4) is 5.75 Å². The van der Waals surface area contributed by atoms with Gasteiger partial charge in [-0.1, -0.05) is 5.16 Å². The Bertz CT molecular complexity index is 780. The van der Waals surface area contributed by atoms with Gasteiger partial charge in [-0.05, 0) is 51.0 Å². The molecular formula is C19H22N2O6. The van der Waals surface area contributed by atoms with Gasteiger partial charge in [0.05, 0.1) is 11.7 Å². The maximum Gasteiger partial charge on any atom is 0.338 e. The average Bonchev–Trinajstić information content (AvgIpc) is 3.32. The average molecular weight is 374 g/mol. The van der Waals surface area contributed by atoms with E-state index >= 15 is 0 Å². The molecule has 2 aromatic rings. The summed E-state index contributed by atoms with van der Waals surface area (Å²) >= 11 is 0.